The normalized spacial score (nSPS) is 24.9. The van der Waals surface area contributed by atoms with Crippen LogP contribution in [0, 0.1) is 5.92 Å². The molecule has 1 aromatic carbocycles. The molecule has 1 aliphatic rings. The molecular formula is C12H15Br2NO. The van der Waals surface area contributed by atoms with Gasteiger partial charge >= 0.3 is 0 Å². The first-order chi connectivity index (χ1) is 7.72. The number of halogens is 2. The predicted octanol–water partition coefficient (Wildman–Crippen LogP) is 3.51. The van der Waals surface area contributed by atoms with E-state index in [0.29, 0.717) is 5.92 Å². The Balaban J connectivity index is 2.19. The molecular weight excluding hydrogens is 334 g/mol. The van der Waals surface area contributed by atoms with Crippen molar-refractivity contribution in [2.75, 3.05) is 20.2 Å². The first-order valence-electron chi connectivity index (χ1n) is 5.43. The third-order valence-corrected chi connectivity index (χ3v) is 4.83. The van der Waals surface area contributed by atoms with Crippen molar-refractivity contribution in [3.8, 4) is 0 Å². The van der Waals surface area contributed by atoms with Crippen molar-refractivity contribution in [1.29, 1.82) is 0 Å². The van der Waals surface area contributed by atoms with Crippen molar-refractivity contribution in [3.63, 3.8) is 0 Å². The van der Waals surface area contributed by atoms with Gasteiger partial charge in [-0.3, -0.25) is 0 Å². The summed E-state index contributed by atoms with van der Waals surface area (Å²) in [6, 6.07) is 6.34. The lowest BCUT2D eigenvalue weighted by Gasteiger charge is -2.19. The maximum absolute atomic E-state index is 5.82. The fourth-order valence-electron chi connectivity index (χ4n) is 2.16. The highest BCUT2D eigenvalue weighted by Gasteiger charge is 2.29. The summed E-state index contributed by atoms with van der Waals surface area (Å²) in [5, 5.41) is 3.23. The van der Waals surface area contributed by atoms with E-state index < -0.39 is 0 Å². The van der Waals surface area contributed by atoms with Crippen LogP contribution in [0.4, 0.5) is 0 Å². The minimum atomic E-state index is 0.233. The quantitative estimate of drug-likeness (QED) is 0.902. The highest BCUT2D eigenvalue weighted by molar-refractivity contribution is 9.13. The Morgan fingerprint density at radius 3 is 2.88 bits per heavy atom. The molecule has 16 heavy (non-hydrogen) atoms. The number of hydrogen-bond donors (Lipinski definition) is 1. The van der Waals surface area contributed by atoms with Crippen molar-refractivity contribution >= 4 is 31.9 Å². The molecule has 2 atom stereocenters. The largest absolute Gasteiger partial charge is 0.373 e. The average Bonchev–Trinajstić information content (AvgIpc) is 2.71. The highest BCUT2D eigenvalue weighted by atomic mass is 79.9. The molecule has 0 radical (unpaired) electrons. The Labute approximate surface area is 113 Å². The summed E-state index contributed by atoms with van der Waals surface area (Å²) in [6.45, 7) is 1.88. The summed E-state index contributed by atoms with van der Waals surface area (Å²) in [4.78, 5) is 0. The minimum Gasteiger partial charge on any atom is -0.373 e. The van der Waals surface area contributed by atoms with Crippen molar-refractivity contribution in [2.24, 2.45) is 5.92 Å². The van der Waals surface area contributed by atoms with Crippen molar-refractivity contribution in [2.45, 2.75) is 12.5 Å². The van der Waals surface area contributed by atoms with E-state index in [1.54, 1.807) is 0 Å². The summed E-state index contributed by atoms with van der Waals surface area (Å²) in [7, 11) is 1.99. The molecule has 1 N–H and O–H groups in total. The summed E-state index contributed by atoms with van der Waals surface area (Å²) >= 11 is 7.02. The molecule has 0 aromatic heterocycles. The van der Waals surface area contributed by atoms with Crippen LogP contribution in [0.3, 0.4) is 0 Å². The monoisotopic (exact) mass is 347 g/mol. The second-order valence-corrected chi connectivity index (χ2v) is 5.78. The van der Waals surface area contributed by atoms with E-state index in [2.05, 4.69) is 55.4 Å². The van der Waals surface area contributed by atoms with Crippen LogP contribution in [0.1, 0.15) is 18.1 Å². The van der Waals surface area contributed by atoms with E-state index in [1.165, 1.54) is 5.56 Å². The van der Waals surface area contributed by atoms with Crippen molar-refractivity contribution in [3.05, 3.63) is 32.7 Å². The summed E-state index contributed by atoms with van der Waals surface area (Å²) < 4.78 is 7.99. The van der Waals surface area contributed by atoms with Crippen LogP contribution in [0.25, 0.3) is 0 Å². The third kappa shape index (κ3) is 2.67. The van der Waals surface area contributed by atoms with Gasteiger partial charge in [-0.2, -0.15) is 0 Å². The average molecular weight is 349 g/mol. The Morgan fingerprint density at radius 1 is 1.38 bits per heavy atom. The zero-order valence-corrected chi connectivity index (χ0v) is 12.3. The summed E-state index contributed by atoms with van der Waals surface area (Å²) in [6.07, 6.45) is 1.37. The Hall–Kier alpha value is 0.1000. The Morgan fingerprint density at radius 2 is 2.19 bits per heavy atom. The van der Waals surface area contributed by atoms with E-state index in [0.717, 1.165) is 28.5 Å². The maximum atomic E-state index is 5.82. The SMILES string of the molecule is CNCC1CCOC1c1ccc(Br)c(Br)c1. The molecule has 88 valence electrons. The lowest BCUT2D eigenvalue weighted by Crippen LogP contribution is -2.21. The zero-order chi connectivity index (χ0) is 11.5. The summed E-state index contributed by atoms with van der Waals surface area (Å²) in [5.41, 5.74) is 1.26. The smallest absolute Gasteiger partial charge is 0.0866 e. The van der Waals surface area contributed by atoms with Gasteiger partial charge in [0.25, 0.3) is 0 Å². The van der Waals surface area contributed by atoms with Gasteiger partial charge in [0, 0.05) is 28.0 Å². The first-order valence-corrected chi connectivity index (χ1v) is 7.02. The molecule has 2 rings (SSSR count). The molecule has 1 saturated heterocycles. The van der Waals surface area contributed by atoms with Gasteiger partial charge < -0.3 is 10.1 Å². The van der Waals surface area contributed by atoms with Gasteiger partial charge in [0.05, 0.1) is 6.10 Å². The molecule has 1 aliphatic heterocycles. The Bertz CT molecular complexity index is 370. The molecule has 1 aromatic rings. The fourth-order valence-corrected chi connectivity index (χ4v) is 2.81. The van der Waals surface area contributed by atoms with Crippen LogP contribution >= 0.6 is 31.9 Å². The van der Waals surface area contributed by atoms with Gasteiger partial charge in [0.15, 0.2) is 0 Å². The molecule has 0 amide bonds. The van der Waals surface area contributed by atoms with Gasteiger partial charge in [-0.25, -0.2) is 0 Å². The fraction of sp³-hybridized carbons (Fsp3) is 0.500. The maximum Gasteiger partial charge on any atom is 0.0866 e. The molecule has 0 bridgehead atoms. The molecule has 1 fully saturated rings. The van der Waals surface area contributed by atoms with Crippen LogP contribution in [0.5, 0.6) is 0 Å². The predicted molar refractivity (Wildman–Crippen MR) is 72.6 cm³/mol. The van der Waals surface area contributed by atoms with E-state index in [-0.39, 0.29) is 6.10 Å². The lowest BCUT2D eigenvalue weighted by atomic mass is 9.95. The van der Waals surface area contributed by atoms with Crippen molar-refractivity contribution < 1.29 is 4.74 Å². The van der Waals surface area contributed by atoms with Crippen LogP contribution in [-0.4, -0.2) is 20.2 Å². The lowest BCUT2D eigenvalue weighted by molar-refractivity contribution is 0.0909. The van der Waals surface area contributed by atoms with Crippen LogP contribution < -0.4 is 5.32 Å². The molecule has 1 heterocycles. The van der Waals surface area contributed by atoms with Gasteiger partial charge in [0.2, 0.25) is 0 Å². The number of hydrogen-bond acceptors (Lipinski definition) is 2. The van der Waals surface area contributed by atoms with E-state index >= 15 is 0 Å². The van der Waals surface area contributed by atoms with Gasteiger partial charge in [-0.05, 0) is 63.0 Å². The molecule has 2 nitrogen and oxygen atoms in total. The first kappa shape index (κ1) is 12.6. The molecule has 2 unspecified atom stereocenters. The standard InChI is InChI=1S/C12H15Br2NO/c1-15-7-9-4-5-16-12(9)8-2-3-10(13)11(14)6-8/h2-3,6,9,12,15H,4-5,7H2,1H3. The molecule has 0 saturated carbocycles. The van der Waals surface area contributed by atoms with Gasteiger partial charge in [0.1, 0.15) is 0 Å². The van der Waals surface area contributed by atoms with E-state index in [4.69, 9.17) is 4.74 Å². The second kappa shape index (κ2) is 5.63. The number of nitrogens with one attached hydrogen (secondary N) is 1. The van der Waals surface area contributed by atoms with Crippen LogP contribution in [0.15, 0.2) is 27.1 Å². The van der Waals surface area contributed by atoms with Gasteiger partial charge in [-0.15, -0.1) is 0 Å². The number of ether oxygens (including phenoxy) is 1. The highest BCUT2D eigenvalue weighted by Crippen LogP contribution is 2.36. The van der Waals surface area contributed by atoms with Crippen LogP contribution in [0.2, 0.25) is 0 Å². The number of rotatable bonds is 3. The van der Waals surface area contributed by atoms with Gasteiger partial charge in [-0.1, -0.05) is 6.07 Å². The number of benzene rings is 1. The van der Waals surface area contributed by atoms with E-state index in [1.807, 2.05) is 7.05 Å². The molecule has 0 spiro atoms. The molecule has 4 heteroatoms. The second-order valence-electron chi connectivity index (χ2n) is 4.07. The summed E-state index contributed by atoms with van der Waals surface area (Å²) in [5.74, 6) is 0.582. The van der Waals surface area contributed by atoms with Crippen molar-refractivity contribution in [1.82, 2.24) is 5.32 Å². The Kier molecular flexibility index (Phi) is 4.41. The van der Waals surface area contributed by atoms with E-state index in [9.17, 15) is 0 Å². The van der Waals surface area contributed by atoms with Crippen LogP contribution in [-0.2, 0) is 4.74 Å². The minimum absolute atomic E-state index is 0.233. The zero-order valence-electron chi connectivity index (χ0n) is 9.17. The topological polar surface area (TPSA) is 21.3 Å². The molecule has 0 aliphatic carbocycles. The third-order valence-electron chi connectivity index (χ3n) is 2.95.